The lowest BCUT2D eigenvalue weighted by molar-refractivity contribution is 0.618. The van der Waals surface area contributed by atoms with Crippen molar-refractivity contribution in [2.75, 3.05) is 12.0 Å². The summed E-state index contributed by atoms with van der Waals surface area (Å²) in [6.07, 6.45) is 9.84. The Morgan fingerprint density at radius 3 is 2.17 bits per heavy atom. The lowest BCUT2D eigenvalue weighted by Crippen LogP contribution is -2.02. The van der Waals surface area contributed by atoms with Gasteiger partial charge in [0.15, 0.2) is 0 Å². The van der Waals surface area contributed by atoms with Crippen LogP contribution in [-0.2, 0) is 6.42 Å². The third kappa shape index (κ3) is 6.06. The molecule has 0 aromatic heterocycles. The molecule has 1 unspecified atom stereocenters. The second-order valence-corrected chi connectivity index (χ2v) is 7.28. The van der Waals surface area contributed by atoms with Crippen LogP contribution in [0.25, 0.3) is 0 Å². The molecule has 0 aliphatic heterocycles. The van der Waals surface area contributed by atoms with Crippen LogP contribution in [0.2, 0.25) is 0 Å². The monoisotopic (exact) mass is 326 g/mol. The van der Waals surface area contributed by atoms with Crippen LogP contribution in [0.1, 0.15) is 61.6 Å². The Balaban J connectivity index is 2.08. The molecule has 1 heteroatoms. The topological polar surface area (TPSA) is 0 Å². The van der Waals surface area contributed by atoms with Crippen molar-refractivity contribution in [2.45, 2.75) is 51.4 Å². The largest absolute Gasteiger partial charge is 0.165 e. The van der Waals surface area contributed by atoms with Crippen molar-refractivity contribution in [1.29, 1.82) is 0 Å². The predicted molar refractivity (Wildman–Crippen MR) is 106 cm³/mol. The molecule has 23 heavy (non-hydrogen) atoms. The fourth-order valence-corrected chi connectivity index (χ4v) is 3.58. The summed E-state index contributed by atoms with van der Waals surface area (Å²) in [5.74, 6) is 1.80. The zero-order chi connectivity index (χ0) is 16.3. The number of hydrogen-bond acceptors (Lipinski definition) is 1. The van der Waals surface area contributed by atoms with Gasteiger partial charge < -0.3 is 0 Å². The third-order valence-corrected chi connectivity index (χ3v) is 5.19. The SMILES string of the molecule is CCCCCC(c1ccccc1)c1ccc(CCCSC)cc1. The number of aryl methyl sites for hydroxylation is 1. The van der Waals surface area contributed by atoms with E-state index in [1.807, 2.05) is 11.8 Å². The summed E-state index contributed by atoms with van der Waals surface area (Å²) in [4.78, 5) is 0. The van der Waals surface area contributed by atoms with E-state index in [2.05, 4.69) is 67.8 Å². The van der Waals surface area contributed by atoms with Crippen molar-refractivity contribution in [3.8, 4) is 0 Å². The lowest BCUT2D eigenvalue weighted by Gasteiger charge is -2.18. The van der Waals surface area contributed by atoms with Crippen LogP contribution in [0.4, 0.5) is 0 Å². The zero-order valence-corrected chi connectivity index (χ0v) is 15.4. The first-order valence-corrected chi connectivity index (χ1v) is 10.4. The van der Waals surface area contributed by atoms with Gasteiger partial charge in [-0.3, -0.25) is 0 Å². The summed E-state index contributed by atoms with van der Waals surface area (Å²) in [6, 6.07) is 20.4. The van der Waals surface area contributed by atoms with Gasteiger partial charge in [-0.2, -0.15) is 11.8 Å². The highest BCUT2D eigenvalue weighted by Crippen LogP contribution is 2.30. The van der Waals surface area contributed by atoms with E-state index in [0.717, 1.165) is 0 Å². The van der Waals surface area contributed by atoms with Gasteiger partial charge in [-0.1, -0.05) is 80.8 Å². The second kappa shape index (κ2) is 10.5. The van der Waals surface area contributed by atoms with Crippen molar-refractivity contribution < 1.29 is 0 Å². The minimum atomic E-state index is 0.544. The Bertz CT molecular complexity index is 530. The highest BCUT2D eigenvalue weighted by molar-refractivity contribution is 7.98. The van der Waals surface area contributed by atoms with E-state index >= 15 is 0 Å². The van der Waals surface area contributed by atoms with Crippen LogP contribution in [0.5, 0.6) is 0 Å². The van der Waals surface area contributed by atoms with Gasteiger partial charge in [0.05, 0.1) is 0 Å². The molecular weight excluding hydrogens is 296 g/mol. The molecule has 0 bridgehead atoms. The highest BCUT2D eigenvalue weighted by atomic mass is 32.2. The molecule has 0 N–H and O–H groups in total. The van der Waals surface area contributed by atoms with Gasteiger partial charge in [0.25, 0.3) is 0 Å². The van der Waals surface area contributed by atoms with Gasteiger partial charge in [0, 0.05) is 5.92 Å². The second-order valence-electron chi connectivity index (χ2n) is 6.30. The van der Waals surface area contributed by atoms with E-state index in [1.165, 1.54) is 61.0 Å². The Morgan fingerprint density at radius 1 is 0.826 bits per heavy atom. The van der Waals surface area contributed by atoms with E-state index in [0.29, 0.717) is 5.92 Å². The smallest absolute Gasteiger partial charge is 0.00893 e. The maximum atomic E-state index is 2.36. The van der Waals surface area contributed by atoms with Gasteiger partial charge in [-0.25, -0.2) is 0 Å². The molecular formula is C22H30S. The van der Waals surface area contributed by atoms with E-state index in [9.17, 15) is 0 Å². The van der Waals surface area contributed by atoms with Crippen LogP contribution in [0.3, 0.4) is 0 Å². The van der Waals surface area contributed by atoms with Crippen molar-refractivity contribution in [2.24, 2.45) is 0 Å². The minimum Gasteiger partial charge on any atom is -0.165 e. The molecule has 0 heterocycles. The Labute approximate surface area is 146 Å². The van der Waals surface area contributed by atoms with Crippen LogP contribution in [0, 0.1) is 0 Å². The van der Waals surface area contributed by atoms with Gasteiger partial charge >= 0.3 is 0 Å². The first-order chi connectivity index (χ1) is 11.3. The molecule has 0 radical (unpaired) electrons. The Morgan fingerprint density at radius 2 is 1.52 bits per heavy atom. The van der Waals surface area contributed by atoms with Crippen LogP contribution >= 0.6 is 11.8 Å². The third-order valence-electron chi connectivity index (χ3n) is 4.49. The number of benzene rings is 2. The van der Waals surface area contributed by atoms with Crippen LogP contribution in [-0.4, -0.2) is 12.0 Å². The maximum absolute atomic E-state index is 2.36. The summed E-state index contributed by atoms with van der Waals surface area (Å²) >= 11 is 1.94. The number of rotatable bonds is 10. The van der Waals surface area contributed by atoms with Gasteiger partial charge in [0.1, 0.15) is 0 Å². The predicted octanol–water partition coefficient (Wildman–Crippen LogP) is 6.69. The molecule has 1 atom stereocenters. The van der Waals surface area contributed by atoms with Crippen molar-refractivity contribution >= 4 is 11.8 Å². The molecule has 2 aromatic carbocycles. The molecule has 0 saturated carbocycles. The van der Waals surface area contributed by atoms with Gasteiger partial charge in [-0.15, -0.1) is 0 Å². The van der Waals surface area contributed by atoms with Crippen molar-refractivity contribution in [3.63, 3.8) is 0 Å². The first-order valence-electron chi connectivity index (χ1n) is 8.98. The molecule has 0 fully saturated rings. The average Bonchev–Trinajstić information content (AvgIpc) is 2.61. The van der Waals surface area contributed by atoms with E-state index in [1.54, 1.807) is 0 Å². The molecule has 0 amide bonds. The molecule has 0 aliphatic carbocycles. The maximum Gasteiger partial charge on any atom is 0.00893 e. The standard InChI is InChI=1S/C22H30S/c1-3-4-6-13-22(20-11-7-5-8-12-20)21-16-14-19(15-17-21)10-9-18-23-2/h5,7-8,11-12,14-17,22H,3-4,6,9-10,13,18H2,1-2H3. The van der Waals surface area contributed by atoms with Crippen LogP contribution in [0.15, 0.2) is 54.6 Å². The molecule has 0 nitrogen and oxygen atoms in total. The van der Waals surface area contributed by atoms with E-state index in [-0.39, 0.29) is 0 Å². The molecule has 0 saturated heterocycles. The minimum absolute atomic E-state index is 0.544. The van der Waals surface area contributed by atoms with Crippen molar-refractivity contribution in [1.82, 2.24) is 0 Å². The molecule has 124 valence electrons. The summed E-state index contributed by atoms with van der Waals surface area (Å²) in [5, 5.41) is 0. The molecule has 2 rings (SSSR count). The summed E-state index contributed by atoms with van der Waals surface area (Å²) in [5.41, 5.74) is 4.41. The quantitative estimate of drug-likeness (QED) is 0.438. The summed E-state index contributed by atoms with van der Waals surface area (Å²) in [6.45, 7) is 2.28. The Kier molecular flexibility index (Phi) is 8.31. The van der Waals surface area contributed by atoms with E-state index in [4.69, 9.17) is 0 Å². The molecule has 0 spiro atoms. The zero-order valence-electron chi connectivity index (χ0n) is 14.6. The lowest BCUT2D eigenvalue weighted by atomic mass is 9.86. The fraction of sp³-hybridized carbons (Fsp3) is 0.455. The van der Waals surface area contributed by atoms with Crippen molar-refractivity contribution in [3.05, 3.63) is 71.3 Å². The fourth-order valence-electron chi connectivity index (χ4n) is 3.15. The summed E-state index contributed by atoms with van der Waals surface area (Å²) < 4.78 is 0. The van der Waals surface area contributed by atoms with Crippen LogP contribution < -0.4 is 0 Å². The molecule has 0 aliphatic rings. The summed E-state index contributed by atoms with van der Waals surface area (Å²) in [7, 11) is 0. The molecule has 2 aromatic rings. The highest BCUT2D eigenvalue weighted by Gasteiger charge is 2.13. The first kappa shape index (κ1) is 18.1. The van der Waals surface area contributed by atoms with Gasteiger partial charge in [0.2, 0.25) is 0 Å². The number of thioether (sulfide) groups is 1. The normalized spacial score (nSPS) is 12.3. The van der Waals surface area contributed by atoms with E-state index < -0.39 is 0 Å². The number of hydrogen-bond donors (Lipinski definition) is 0. The van der Waals surface area contributed by atoms with Gasteiger partial charge in [-0.05, 0) is 48.0 Å². The number of unbranched alkanes of at least 4 members (excludes halogenated alkanes) is 2. The Hall–Kier alpha value is -1.21. The average molecular weight is 327 g/mol.